The molecule has 0 rings (SSSR count). The van der Waals surface area contributed by atoms with Gasteiger partial charge in [-0.3, -0.25) is 14.0 Å². The molecule has 0 unspecified atom stereocenters. The van der Waals surface area contributed by atoms with Crippen molar-refractivity contribution in [2.24, 2.45) is 5.41 Å². The summed E-state index contributed by atoms with van der Waals surface area (Å²) in [5, 5.41) is 0. The summed E-state index contributed by atoms with van der Waals surface area (Å²) in [5.74, 6) is -1.13. The number of halogens is 1. The van der Waals surface area contributed by atoms with Crippen LogP contribution in [0.5, 0.6) is 0 Å². The highest BCUT2D eigenvalue weighted by Crippen LogP contribution is 2.28. The molecular weight excluding hydrogens is 239 g/mol. The van der Waals surface area contributed by atoms with Gasteiger partial charge in [0.05, 0.1) is 19.9 Å². The van der Waals surface area contributed by atoms with Crippen molar-refractivity contribution in [1.82, 2.24) is 0 Å². The zero-order valence-corrected chi connectivity index (χ0v) is 11.5. The molecule has 0 N–H and O–H groups in total. The Hall–Kier alpha value is -1.13. The SMILES string of the molecule is CCOC(=O)C(C)(CCCCCF)C(=O)OCC. The highest BCUT2D eigenvalue weighted by atomic mass is 19.1. The first-order chi connectivity index (χ1) is 8.52. The van der Waals surface area contributed by atoms with Crippen molar-refractivity contribution in [3.8, 4) is 0 Å². The molecule has 0 aliphatic rings. The van der Waals surface area contributed by atoms with E-state index in [9.17, 15) is 14.0 Å². The minimum absolute atomic E-state index is 0.221. The van der Waals surface area contributed by atoms with E-state index >= 15 is 0 Å². The standard InChI is InChI=1S/C13H23FO4/c1-4-17-11(15)13(3,12(16)18-5-2)9-7-6-8-10-14/h4-10H2,1-3H3. The number of rotatable bonds is 9. The van der Waals surface area contributed by atoms with Crippen LogP contribution in [0, 0.1) is 5.41 Å². The molecule has 0 saturated heterocycles. The van der Waals surface area contributed by atoms with Gasteiger partial charge in [0.1, 0.15) is 0 Å². The summed E-state index contributed by atoms with van der Waals surface area (Å²) in [6, 6.07) is 0. The molecule has 0 aromatic rings. The molecule has 0 heterocycles. The predicted octanol–water partition coefficient (Wildman–Crippen LogP) is 2.65. The van der Waals surface area contributed by atoms with Gasteiger partial charge in [-0.05, 0) is 33.6 Å². The first-order valence-electron chi connectivity index (χ1n) is 6.43. The smallest absolute Gasteiger partial charge is 0.323 e. The minimum atomic E-state index is -1.28. The number of alkyl halides is 1. The van der Waals surface area contributed by atoms with Gasteiger partial charge in [-0.1, -0.05) is 12.8 Å². The average Bonchev–Trinajstić information content (AvgIpc) is 2.35. The van der Waals surface area contributed by atoms with Crippen LogP contribution in [-0.4, -0.2) is 31.8 Å². The van der Waals surface area contributed by atoms with Crippen molar-refractivity contribution >= 4 is 11.9 Å². The van der Waals surface area contributed by atoms with Crippen LogP contribution in [0.4, 0.5) is 4.39 Å². The van der Waals surface area contributed by atoms with E-state index in [4.69, 9.17) is 9.47 Å². The summed E-state index contributed by atoms with van der Waals surface area (Å²) in [4.78, 5) is 23.7. The maximum Gasteiger partial charge on any atom is 0.323 e. The molecule has 18 heavy (non-hydrogen) atoms. The maximum absolute atomic E-state index is 12.0. The third-order valence-corrected chi connectivity index (χ3v) is 2.76. The van der Waals surface area contributed by atoms with E-state index in [1.165, 1.54) is 6.92 Å². The number of carbonyl (C=O) groups is 2. The van der Waals surface area contributed by atoms with Gasteiger partial charge in [0.25, 0.3) is 0 Å². The second kappa shape index (κ2) is 8.89. The third kappa shape index (κ3) is 5.02. The van der Waals surface area contributed by atoms with Gasteiger partial charge >= 0.3 is 11.9 Å². The van der Waals surface area contributed by atoms with Crippen LogP contribution in [0.2, 0.25) is 0 Å². The van der Waals surface area contributed by atoms with E-state index in [-0.39, 0.29) is 19.9 Å². The third-order valence-electron chi connectivity index (χ3n) is 2.76. The topological polar surface area (TPSA) is 52.6 Å². The van der Waals surface area contributed by atoms with Crippen molar-refractivity contribution in [3.05, 3.63) is 0 Å². The molecule has 0 aromatic heterocycles. The number of hydrogen-bond acceptors (Lipinski definition) is 4. The van der Waals surface area contributed by atoms with Gasteiger partial charge in [0.2, 0.25) is 0 Å². The summed E-state index contributed by atoms with van der Waals surface area (Å²) in [6.07, 6.45) is 2.01. The van der Waals surface area contributed by atoms with E-state index in [1.54, 1.807) is 13.8 Å². The Morgan fingerprint density at radius 1 is 1.00 bits per heavy atom. The van der Waals surface area contributed by atoms with E-state index in [2.05, 4.69) is 0 Å². The summed E-state index contributed by atoms with van der Waals surface area (Å²) in [5.41, 5.74) is -1.28. The fourth-order valence-corrected chi connectivity index (χ4v) is 1.62. The van der Waals surface area contributed by atoms with E-state index in [1.807, 2.05) is 0 Å². The summed E-state index contributed by atoms with van der Waals surface area (Å²) in [7, 11) is 0. The molecule has 0 aliphatic heterocycles. The second-order valence-corrected chi connectivity index (χ2v) is 4.27. The summed E-state index contributed by atoms with van der Waals surface area (Å²) >= 11 is 0. The lowest BCUT2D eigenvalue weighted by molar-refractivity contribution is -0.171. The van der Waals surface area contributed by atoms with Crippen molar-refractivity contribution in [3.63, 3.8) is 0 Å². The maximum atomic E-state index is 12.0. The number of esters is 2. The van der Waals surface area contributed by atoms with Crippen LogP contribution in [0.1, 0.15) is 46.5 Å². The fourth-order valence-electron chi connectivity index (χ4n) is 1.62. The van der Waals surface area contributed by atoms with Gasteiger partial charge < -0.3 is 9.47 Å². The lowest BCUT2D eigenvalue weighted by Crippen LogP contribution is -2.39. The fraction of sp³-hybridized carbons (Fsp3) is 0.846. The Morgan fingerprint density at radius 2 is 1.50 bits per heavy atom. The van der Waals surface area contributed by atoms with Gasteiger partial charge in [-0.15, -0.1) is 0 Å². The van der Waals surface area contributed by atoms with Crippen LogP contribution in [-0.2, 0) is 19.1 Å². The van der Waals surface area contributed by atoms with Gasteiger partial charge in [0.15, 0.2) is 5.41 Å². The van der Waals surface area contributed by atoms with E-state index in [0.717, 1.165) is 0 Å². The van der Waals surface area contributed by atoms with Gasteiger partial charge in [0, 0.05) is 0 Å². The highest BCUT2D eigenvalue weighted by molar-refractivity contribution is 5.99. The largest absolute Gasteiger partial charge is 0.465 e. The van der Waals surface area contributed by atoms with Gasteiger partial charge in [-0.25, -0.2) is 0 Å². The molecule has 0 saturated carbocycles. The Labute approximate surface area is 108 Å². The number of carbonyl (C=O) groups excluding carboxylic acids is 2. The predicted molar refractivity (Wildman–Crippen MR) is 65.8 cm³/mol. The van der Waals surface area contributed by atoms with E-state index < -0.39 is 17.4 Å². The zero-order valence-electron chi connectivity index (χ0n) is 11.5. The van der Waals surface area contributed by atoms with Crippen molar-refractivity contribution < 1.29 is 23.5 Å². The van der Waals surface area contributed by atoms with Crippen LogP contribution >= 0.6 is 0 Å². The second-order valence-electron chi connectivity index (χ2n) is 4.27. The lowest BCUT2D eigenvalue weighted by atomic mass is 9.84. The molecule has 106 valence electrons. The average molecular weight is 262 g/mol. The van der Waals surface area contributed by atoms with Crippen molar-refractivity contribution in [1.29, 1.82) is 0 Å². The highest BCUT2D eigenvalue weighted by Gasteiger charge is 2.43. The van der Waals surface area contributed by atoms with Crippen molar-refractivity contribution in [2.45, 2.75) is 46.5 Å². The molecule has 0 aromatic carbocycles. The minimum Gasteiger partial charge on any atom is -0.465 e. The quantitative estimate of drug-likeness (QED) is 0.364. The summed E-state index contributed by atoms with van der Waals surface area (Å²) < 4.78 is 21.8. The molecule has 5 heteroatoms. The molecule has 0 fully saturated rings. The van der Waals surface area contributed by atoms with Crippen LogP contribution in [0.15, 0.2) is 0 Å². The molecular formula is C13H23FO4. The molecule has 0 atom stereocenters. The number of hydrogen-bond donors (Lipinski definition) is 0. The van der Waals surface area contributed by atoms with E-state index in [0.29, 0.717) is 25.7 Å². The van der Waals surface area contributed by atoms with Crippen LogP contribution in [0.3, 0.4) is 0 Å². The molecule has 0 spiro atoms. The normalized spacial score (nSPS) is 11.1. The first kappa shape index (κ1) is 16.9. The molecule has 0 aliphatic carbocycles. The zero-order chi connectivity index (χ0) is 14.0. The Balaban J connectivity index is 4.58. The van der Waals surface area contributed by atoms with Crippen LogP contribution < -0.4 is 0 Å². The number of unbranched alkanes of at least 4 members (excludes halogenated alkanes) is 2. The molecule has 0 radical (unpaired) electrons. The van der Waals surface area contributed by atoms with Gasteiger partial charge in [-0.2, -0.15) is 0 Å². The number of ether oxygens (including phenoxy) is 2. The lowest BCUT2D eigenvalue weighted by Gasteiger charge is -2.24. The first-order valence-corrected chi connectivity index (χ1v) is 6.43. The molecule has 0 amide bonds. The molecule has 4 nitrogen and oxygen atoms in total. The Kier molecular flexibility index (Phi) is 8.33. The Bertz CT molecular complexity index is 248. The summed E-state index contributed by atoms with van der Waals surface area (Å²) in [6.45, 7) is 4.96. The Morgan fingerprint density at radius 3 is 1.89 bits per heavy atom. The van der Waals surface area contributed by atoms with Crippen molar-refractivity contribution in [2.75, 3.05) is 19.9 Å². The van der Waals surface area contributed by atoms with Crippen LogP contribution in [0.25, 0.3) is 0 Å². The monoisotopic (exact) mass is 262 g/mol. The molecule has 0 bridgehead atoms.